The van der Waals surface area contributed by atoms with Crippen LogP contribution in [0.5, 0.6) is 0 Å². The molecule has 0 saturated heterocycles. The maximum Gasteiger partial charge on any atom is 0.243 e. The van der Waals surface area contributed by atoms with Gasteiger partial charge in [-0.3, -0.25) is 14.5 Å². The zero-order valence-electron chi connectivity index (χ0n) is 13.3. The van der Waals surface area contributed by atoms with Crippen molar-refractivity contribution in [3.8, 4) is 0 Å². The van der Waals surface area contributed by atoms with Crippen LogP contribution in [0.1, 0.15) is 30.4 Å². The van der Waals surface area contributed by atoms with Crippen molar-refractivity contribution in [2.45, 2.75) is 39.3 Å². The third-order valence-corrected chi connectivity index (χ3v) is 4.08. The molecule has 5 nitrogen and oxygen atoms in total. The first-order valence-corrected chi connectivity index (χ1v) is 7.83. The van der Waals surface area contributed by atoms with Gasteiger partial charge >= 0.3 is 0 Å². The number of rotatable bonds is 4. The van der Waals surface area contributed by atoms with Gasteiger partial charge < -0.3 is 9.73 Å². The van der Waals surface area contributed by atoms with E-state index in [1.165, 1.54) is 0 Å². The largest absolute Gasteiger partial charge is 0.465 e. The Morgan fingerprint density at radius 3 is 2.74 bits per heavy atom. The fraction of sp³-hybridized carbons (Fsp3) is 0.333. The van der Waals surface area contributed by atoms with Crippen molar-refractivity contribution in [2.24, 2.45) is 0 Å². The normalized spacial score (nSPS) is 16.3. The first-order chi connectivity index (χ1) is 11.1. The van der Waals surface area contributed by atoms with Gasteiger partial charge in [0.2, 0.25) is 11.8 Å². The summed E-state index contributed by atoms with van der Waals surface area (Å²) in [6, 6.07) is 10.9. The number of amides is 2. The zero-order valence-corrected chi connectivity index (χ0v) is 13.3. The number of para-hydroxylation sites is 1. The van der Waals surface area contributed by atoms with Crippen molar-refractivity contribution >= 4 is 17.5 Å². The van der Waals surface area contributed by atoms with Crippen LogP contribution in [0.3, 0.4) is 0 Å². The Morgan fingerprint density at radius 1 is 1.26 bits per heavy atom. The number of benzene rings is 1. The zero-order chi connectivity index (χ0) is 16.4. The second-order valence-electron chi connectivity index (χ2n) is 5.70. The van der Waals surface area contributed by atoms with Gasteiger partial charge in [-0.2, -0.15) is 0 Å². The van der Waals surface area contributed by atoms with E-state index < -0.39 is 6.04 Å². The predicted octanol–water partition coefficient (Wildman–Crippen LogP) is 2.57. The van der Waals surface area contributed by atoms with Crippen LogP contribution in [0, 0.1) is 6.92 Å². The monoisotopic (exact) mass is 312 g/mol. The molecule has 0 fully saturated rings. The fourth-order valence-electron chi connectivity index (χ4n) is 2.95. The predicted molar refractivity (Wildman–Crippen MR) is 87.0 cm³/mol. The average Bonchev–Trinajstić information content (AvgIpc) is 3.15. The van der Waals surface area contributed by atoms with Gasteiger partial charge in [0.05, 0.1) is 6.54 Å². The number of carbonyl (C=O) groups is 2. The number of nitrogens with zero attached hydrogens (tertiary/aromatic N) is 1. The maximum absolute atomic E-state index is 12.6. The Hall–Kier alpha value is -2.56. The smallest absolute Gasteiger partial charge is 0.243 e. The molecule has 1 aromatic heterocycles. The van der Waals surface area contributed by atoms with E-state index >= 15 is 0 Å². The van der Waals surface area contributed by atoms with Gasteiger partial charge in [-0.05, 0) is 30.7 Å². The molecular weight excluding hydrogens is 292 g/mol. The molecule has 0 radical (unpaired) electrons. The number of fused-ring (bicyclic) bond motifs is 1. The third-order valence-electron chi connectivity index (χ3n) is 4.08. The maximum atomic E-state index is 12.6. The van der Waals surface area contributed by atoms with Crippen LogP contribution in [0.2, 0.25) is 0 Å². The molecule has 1 N–H and O–H groups in total. The average molecular weight is 312 g/mol. The molecule has 0 aliphatic carbocycles. The number of nitrogens with one attached hydrogen (secondary N) is 1. The molecule has 3 rings (SSSR count). The van der Waals surface area contributed by atoms with Gasteiger partial charge in [0.15, 0.2) is 0 Å². The summed E-state index contributed by atoms with van der Waals surface area (Å²) in [5.41, 5.74) is 1.87. The minimum Gasteiger partial charge on any atom is -0.465 e. The van der Waals surface area contributed by atoms with E-state index in [9.17, 15) is 9.59 Å². The van der Waals surface area contributed by atoms with Gasteiger partial charge in [-0.1, -0.05) is 25.1 Å². The standard InChI is InChI=1S/C18H20N2O3/c1-3-17(21)20-15-7-5-4-6-13(15)10-16(20)18(22)19-11-14-9-8-12(2)23-14/h4-9,16H,3,10-11H2,1-2H3,(H,19,22)/t16-/m1/s1. The Kier molecular flexibility index (Phi) is 4.19. The summed E-state index contributed by atoms with van der Waals surface area (Å²) in [7, 11) is 0. The highest BCUT2D eigenvalue weighted by Gasteiger charge is 2.37. The number of hydrogen-bond acceptors (Lipinski definition) is 3. The number of aryl methyl sites for hydroxylation is 1. The van der Waals surface area contributed by atoms with Crippen LogP contribution >= 0.6 is 0 Å². The number of anilines is 1. The van der Waals surface area contributed by atoms with Crippen LogP contribution in [-0.4, -0.2) is 17.9 Å². The lowest BCUT2D eigenvalue weighted by Gasteiger charge is -2.24. The topological polar surface area (TPSA) is 62.6 Å². The van der Waals surface area contributed by atoms with Crippen LogP contribution in [0.4, 0.5) is 5.69 Å². The Balaban J connectivity index is 1.75. The van der Waals surface area contributed by atoms with Crippen molar-refractivity contribution in [2.75, 3.05) is 4.90 Å². The summed E-state index contributed by atoms with van der Waals surface area (Å²) >= 11 is 0. The summed E-state index contributed by atoms with van der Waals surface area (Å²) in [6.45, 7) is 4.00. The van der Waals surface area contributed by atoms with E-state index in [0.29, 0.717) is 25.1 Å². The van der Waals surface area contributed by atoms with Crippen LogP contribution in [0.25, 0.3) is 0 Å². The Bertz CT molecular complexity index is 735. The summed E-state index contributed by atoms with van der Waals surface area (Å²) in [5, 5.41) is 2.87. The highest BCUT2D eigenvalue weighted by molar-refractivity contribution is 6.03. The molecule has 120 valence electrons. The molecule has 1 atom stereocenters. The molecule has 5 heteroatoms. The molecule has 2 amide bonds. The molecule has 0 spiro atoms. The molecule has 2 heterocycles. The lowest BCUT2D eigenvalue weighted by Crippen LogP contribution is -2.47. The van der Waals surface area contributed by atoms with Crippen LogP contribution < -0.4 is 10.2 Å². The van der Waals surface area contributed by atoms with Gasteiger partial charge in [0.1, 0.15) is 17.6 Å². The number of hydrogen-bond donors (Lipinski definition) is 1. The molecule has 23 heavy (non-hydrogen) atoms. The highest BCUT2D eigenvalue weighted by Crippen LogP contribution is 2.32. The third kappa shape index (κ3) is 2.99. The minimum atomic E-state index is -0.490. The minimum absolute atomic E-state index is 0.0380. The Morgan fingerprint density at radius 2 is 2.04 bits per heavy atom. The first kappa shape index (κ1) is 15.3. The van der Waals surface area contributed by atoms with E-state index in [2.05, 4.69) is 5.32 Å². The van der Waals surface area contributed by atoms with Crippen molar-refractivity contribution in [3.05, 3.63) is 53.5 Å². The first-order valence-electron chi connectivity index (χ1n) is 7.83. The van der Waals surface area contributed by atoms with E-state index in [-0.39, 0.29) is 11.8 Å². The molecule has 1 aromatic carbocycles. The van der Waals surface area contributed by atoms with E-state index in [0.717, 1.165) is 17.0 Å². The second-order valence-corrected chi connectivity index (χ2v) is 5.70. The molecule has 0 bridgehead atoms. The summed E-state index contributed by atoms with van der Waals surface area (Å²) in [4.78, 5) is 26.5. The number of furan rings is 1. The SMILES string of the molecule is CCC(=O)N1c2ccccc2C[C@@H]1C(=O)NCc1ccc(C)o1. The summed E-state index contributed by atoms with van der Waals surface area (Å²) in [5.74, 6) is 1.33. The van der Waals surface area contributed by atoms with Gasteiger partial charge in [-0.25, -0.2) is 0 Å². The quantitative estimate of drug-likeness (QED) is 0.944. The molecular formula is C18H20N2O3. The lowest BCUT2D eigenvalue weighted by molar-refractivity contribution is -0.126. The fourth-order valence-corrected chi connectivity index (χ4v) is 2.95. The summed E-state index contributed by atoms with van der Waals surface area (Å²) in [6.07, 6.45) is 0.917. The Labute approximate surface area is 135 Å². The van der Waals surface area contributed by atoms with Crippen molar-refractivity contribution < 1.29 is 14.0 Å². The van der Waals surface area contributed by atoms with Gasteiger partial charge in [-0.15, -0.1) is 0 Å². The molecule has 0 saturated carbocycles. The van der Waals surface area contributed by atoms with Crippen molar-refractivity contribution in [1.82, 2.24) is 5.32 Å². The lowest BCUT2D eigenvalue weighted by atomic mass is 10.1. The molecule has 1 aliphatic rings. The number of carbonyl (C=O) groups excluding carboxylic acids is 2. The second kappa shape index (κ2) is 6.28. The van der Waals surface area contributed by atoms with Crippen LogP contribution in [0.15, 0.2) is 40.8 Å². The van der Waals surface area contributed by atoms with Gasteiger partial charge in [0, 0.05) is 18.5 Å². The van der Waals surface area contributed by atoms with Gasteiger partial charge in [0.25, 0.3) is 0 Å². The van der Waals surface area contributed by atoms with E-state index in [1.54, 1.807) is 4.90 Å². The molecule has 1 aliphatic heterocycles. The van der Waals surface area contributed by atoms with Crippen molar-refractivity contribution in [1.29, 1.82) is 0 Å². The molecule has 0 unspecified atom stereocenters. The molecule has 2 aromatic rings. The highest BCUT2D eigenvalue weighted by atomic mass is 16.3. The van der Waals surface area contributed by atoms with Crippen molar-refractivity contribution in [3.63, 3.8) is 0 Å². The van der Waals surface area contributed by atoms with E-state index in [1.807, 2.05) is 50.2 Å². The van der Waals surface area contributed by atoms with Crippen LogP contribution in [-0.2, 0) is 22.6 Å². The summed E-state index contributed by atoms with van der Waals surface area (Å²) < 4.78 is 5.46. The van der Waals surface area contributed by atoms with E-state index in [4.69, 9.17) is 4.42 Å².